The van der Waals surface area contributed by atoms with Gasteiger partial charge < -0.3 is 4.57 Å². The molecule has 3 heterocycles. The van der Waals surface area contributed by atoms with Crippen LogP contribution in [0.5, 0.6) is 0 Å². The lowest BCUT2D eigenvalue weighted by molar-refractivity contribution is 1.17. The van der Waals surface area contributed by atoms with Crippen LogP contribution in [0.1, 0.15) is 0 Å². The molecule has 7 aromatic carbocycles. The number of hydrogen-bond acceptors (Lipinski definition) is 3. The van der Waals surface area contributed by atoms with Gasteiger partial charge in [-0.2, -0.15) is 0 Å². The fraction of sp³-hybridized carbons (Fsp3) is 0. The maximum atomic E-state index is 5.18. The molecular weight excluding hydrogens is 627 g/mol. The SMILES string of the molecule is c1ccc(-c2cccc(-c3cc(-c4ccccc4)nc(-c4ccc(-n5c6ccccc6c6ccc7sc8ccccc8c7c65)cc4)n3)c2)cc1. The number of hydrogen-bond donors (Lipinski definition) is 0. The third kappa shape index (κ3) is 4.73. The third-order valence-corrected chi connectivity index (χ3v) is 10.8. The van der Waals surface area contributed by atoms with Crippen LogP contribution >= 0.6 is 11.3 Å². The van der Waals surface area contributed by atoms with Gasteiger partial charge in [-0.25, -0.2) is 9.97 Å². The summed E-state index contributed by atoms with van der Waals surface area (Å²) in [5, 5.41) is 5.13. The Bertz CT molecular complexity index is 2850. The van der Waals surface area contributed by atoms with E-state index in [1.807, 2.05) is 23.5 Å². The van der Waals surface area contributed by atoms with Crippen molar-refractivity contribution in [3.8, 4) is 50.7 Å². The van der Waals surface area contributed by atoms with E-state index in [0.717, 1.165) is 39.3 Å². The van der Waals surface area contributed by atoms with Crippen molar-refractivity contribution in [2.24, 2.45) is 0 Å². The molecule has 3 nitrogen and oxygen atoms in total. The van der Waals surface area contributed by atoms with Gasteiger partial charge in [0.25, 0.3) is 0 Å². The van der Waals surface area contributed by atoms with E-state index in [4.69, 9.17) is 9.97 Å². The quantitative estimate of drug-likeness (QED) is 0.185. The lowest BCUT2D eigenvalue weighted by Crippen LogP contribution is -1.97. The normalized spacial score (nSPS) is 11.6. The highest BCUT2D eigenvalue weighted by Crippen LogP contribution is 2.43. The molecule has 0 bridgehead atoms. The number of fused-ring (bicyclic) bond motifs is 7. The fourth-order valence-electron chi connectivity index (χ4n) is 7.26. The number of thiophene rings is 1. The highest BCUT2D eigenvalue weighted by molar-refractivity contribution is 7.26. The molecule has 10 rings (SSSR count). The fourth-order valence-corrected chi connectivity index (χ4v) is 8.37. The molecule has 0 radical (unpaired) electrons. The average molecular weight is 656 g/mol. The van der Waals surface area contributed by atoms with Crippen LogP contribution in [0, 0.1) is 0 Å². The Labute approximate surface area is 293 Å². The van der Waals surface area contributed by atoms with Crippen LogP contribution < -0.4 is 0 Å². The Morgan fingerprint density at radius 3 is 1.84 bits per heavy atom. The zero-order chi connectivity index (χ0) is 33.0. The van der Waals surface area contributed by atoms with Crippen molar-refractivity contribution < 1.29 is 0 Å². The summed E-state index contributed by atoms with van der Waals surface area (Å²) in [5.74, 6) is 0.700. The van der Waals surface area contributed by atoms with Gasteiger partial charge in [-0.1, -0.05) is 121 Å². The minimum absolute atomic E-state index is 0.700. The molecule has 0 N–H and O–H groups in total. The number of rotatable bonds is 5. The predicted molar refractivity (Wildman–Crippen MR) is 211 cm³/mol. The molecule has 0 saturated carbocycles. The van der Waals surface area contributed by atoms with Crippen LogP contribution in [0.4, 0.5) is 0 Å². The molecule has 0 spiro atoms. The van der Waals surface area contributed by atoms with Gasteiger partial charge in [0.15, 0.2) is 5.82 Å². The Kier molecular flexibility index (Phi) is 6.68. The zero-order valence-electron chi connectivity index (χ0n) is 27.0. The van der Waals surface area contributed by atoms with Crippen molar-refractivity contribution in [2.75, 3.05) is 0 Å². The summed E-state index contributed by atoms with van der Waals surface area (Å²) in [5.41, 5.74) is 10.8. The molecule has 10 aromatic rings. The first-order valence-corrected chi connectivity index (χ1v) is 17.6. The number of nitrogens with zero attached hydrogens (tertiary/aromatic N) is 3. The van der Waals surface area contributed by atoms with E-state index < -0.39 is 0 Å². The molecule has 0 aliphatic carbocycles. The molecule has 0 amide bonds. The summed E-state index contributed by atoms with van der Waals surface area (Å²) in [7, 11) is 0. The Morgan fingerprint density at radius 1 is 0.400 bits per heavy atom. The van der Waals surface area contributed by atoms with Gasteiger partial charge in [0.2, 0.25) is 0 Å². The van der Waals surface area contributed by atoms with E-state index >= 15 is 0 Å². The highest BCUT2D eigenvalue weighted by atomic mass is 32.1. The molecule has 3 aromatic heterocycles. The zero-order valence-corrected chi connectivity index (χ0v) is 27.8. The van der Waals surface area contributed by atoms with Crippen LogP contribution in [0.25, 0.3) is 92.7 Å². The Balaban J connectivity index is 1.14. The molecular formula is C46H29N3S. The Hall–Kier alpha value is -6.36. The molecule has 0 aliphatic heterocycles. The second kappa shape index (κ2) is 11.7. The van der Waals surface area contributed by atoms with E-state index in [0.29, 0.717) is 5.82 Å². The lowest BCUT2D eigenvalue weighted by atomic mass is 10.0. The first-order valence-electron chi connectivity index (χ1n) is 16.8. The maximum absolute atomic E-state index is 5.18. The number of benzene rings is 7. The van der Waals surface area contributed by atoms with Crippen LogP contribution in [0.3, 0.4) is 0 Å². The first-order chi connectivity index (χ1) is 24.8. The van der Waals surface area contributed by atoms with E-state index in [9.17, 15) is 0 Å². The van der Waals surface area contributed by atoms with Gasteiger partial charge in [0, 0.05) is 53.3 Å². The summed E-state index contributed by atoms with van der Waals surface area (Å²) in [6.07, 6.45) is 0. The molecule has 0 saturated heterocycles. The average Bonchev–Trinajstić information content (AvgIpc) is 3.74. The maximum Gasteiger partial charge on any atom is 0.160 e. The van der Waals surface area contributed by atoms with Crippen LogP contribution in [0.15, 0.2) is 176 Å². The minimum atomic E-state index is 0.700. The first kappa shape index (κ1) is 28.6. The molecule has 234 valence electrons. The summed E-state index contributed by atoms with van der Waals surface area (Å²) in [6.45, 7) is 0. The summed E-state index contributed by atoms with van der Waals surface area (Å²) in [4.78, 5) is 10.3. The van der Waals surface area contributed by atoms with Crippen molar-refractivity contribution in [2.45, 2.75) is 0 Å². The van der Waals surface area contributed by atoms with E-state index in [1.165, 1.54) is 47.5 Å². The Morgan fingerprint density at radius 2 is 1.04 bits per heavy atom. The van der Waals surface area contributed by atoms with Crippen molar-refractivity contribution >= 4 is 53.3 Å². The second-order valence-electron chi connectivity index (χ2n) is 12.6. The monoisotopic (exact) mass is 655 g/mol. The van der Waals surface area contributed by atoms with Crippen molar-refractivity contribution in [1.29, 1.82) is 0 Å². The molecule has 0 fully saturated rings. The molecule has 0 atom stereocenters. The summed E-state index contributed by atoms with van der Waals surface area (Å²) >= 11 is 1.86. The molecule has 4 heteroatoms. The molecule has 0 unspecified atom stereocenters. The molecule has 0 aliphatic rings. The summed E-state index contributed by atoms with van der Waals surface area (Å²) in [6, 6.07) is 62.4. The predicted octanol–water partition coefficient (Wildman–Crippen LogP) is 12.6. The topological polar surface area (TPSA) is 30.7 Å². The van der Waals surface area contributed by atoms with Gasteiger partial charge in [-0.05, 0) is 65.7 Å². The van der Waals surface area contributed by atoms with Crippen molar-refractivity contribution in [3.05, 3.63) is 176 Å². The smallest absolute Gasteiger partial charge is 0.160 e. The third-order valence-electron chi connectivity index (χ3n) is 9.62. The van der Waals surface area contributed by atoms with Crippen LogP contribution in [-0.4, -0.2) is 14.5 Å². The second-order valence-corrected chi connectivity index (χ2v) is 13.7. The standard InChI is InChI=1S/C46H29N3S/c1-3-12-30(13-4-1)33-16-11-17-34(28-33)40-29-39(31-14-5-2-6-15-31)47-46(48-40)32-22-24-35(25-23-32)49-41-20-9-7-18-36(41)37-26-27-43-44(45(37)49)38-19-8-10-21-42(38)50-43/h1-29H. The summed E-state index contributed by atoms with van der Waals surface area (Å²) < 4.78 is 5.04. The van der Waals surface area contributed by atoms with Gasteiger partial charge in [0.1, 0.15) is 0 Å². The van der Waals surface area contributed by atoms with Gasteiger partial charge in [-0.3, -0.25) is 0 Å². The van der Waals surface area contributed by atoms with Crippen LogP contribution in [0.2, 0.25) is 0 Å². The van der Waals surface area contributed by atoms with E-state index in [2.05, 4.69) is 168 Å². The van der Waals surface area contributed by atoms with Gasteiger partial charge >= 0.3 is 0 Å². The minimum Gasteiger partial charge on any atom is -0.309 e. The largest absolute Gasteiger partial charge is 0.309 e. The van der Waals surface area contributed by atoms with Crippen LogP contribution in [-0.2, 0) is 0 Å². The number of aromatic nitrogens is 3. The highest BCUT2D eigenvalue weighted by Gasteiger charge is 2.18. The van der Waals surface area contributed by atoms with E-state index in [1.54, 1.807) is 0 Å². The van der Waals surface area contributed by atoms with Gasteiger partial charge in [-0.15, -0.1) is 11.3 Å². The van der Waals surface area contributed by atoms with E-state index in [-0.39, 0.29) is 0 Å². The lowest BCUT2D eigenvalue weighted by Gasteiger charge is -2.12. The number of para-hydroxylation sites is 1. The van der Waals surface area contributed by atoms with Gasteiger partial charge in [0.05, 0.1) is 22.4 Å². The molecule has 50 heavy (non-hydrogen) atoms. The van der Waals surface area contributed by atoms with Crippen molar-refractivity contribution in [3.63, 3.8) is 0 Å². The van der Waals surface area contributed by atoms with Crippen molar-refractivity contribution in [1.82, 2.24) is 14.5 Å².